The topological polar surface area (TPSA) is 52.0 Å². The molecule has 6 heteroatoms. The molecule has 4 rings (SSSR count). The lowest BCUT2D eigenvalue weighted by Gasteiger charge is -2.20. The number of benzene rings is 2. The molecule has 2 aromatic carbocycles. The third kappa shape index (κ3) is 2.75. The summed E-state index contributed by atoms with van der Waals surface area (Å²) in [6.07, 6.45) is -2.13. The van der Waals surface area contributed by atoms with Crippen LogP contribution in [0.25, 0.3) is 0 Å². The van der Waals surface area contributed by atoms with Gasteiger partial charge in [-0.25, -0.2) is 0 Å². The summed E-state index contributed by atoms with van der Waals surface area (Å²) in [6, 6.07) is 7.22. The quantitative estimate of drug-likeness (QED) is 0.758. The van der Waals surface area contributed by atoms with E-state index in [9.17, 15) is 13.2 Å². The fourth-order valence-electron chi connectivity index (χ4n) is 4.29. The summed E-state index contributed by atoms with van der Waals surface area (Å²) in [5.74, 6) is -0.205. The number of alkyl halides is 3. The molecule has 0 fully saturated rings. The second-order valence-electron chi connectivity index (χ2n) is 6.95. The van der Waals surface area contributed by atoms with Gasteiger partial charge in [-0.1, -0.05) is 17.7 Å². The van der Waals surface area contributed by atoms with Crippen LogP contribution in [0.1, 0.15) is 64.2 Å². The highest BCUT2D eigenvalue weighted by Crippen LogP contribution is 2.49. The average molecular weight is 367 g/mol. The Hall–Kier alpha value is -1.56. The number of halogens is 4. The Balaban J connectivity index is 1.88. The highest BCUT2D eigenvalue weighted by Gasteiger charge is 2.37. The van der Waals surface area contributed by atoms with Crippen LogP contribution in [0.5, 0.6) is 0 Å². The van der Waals surface area contributed by atoms with Crippen molar-refractivity contribution in [2.45, 2.75) is 43.4 Å². The van der Waals surface area contributed by atoms with Gasteiger partial charge in [0.25, 0.3) is 0 Å². The molecule has 2 aliphatic rings. The molecule has 2 aromatic rings. The molecule has 0 saturated heterocycles. The van der Waals surface area contributed by atoms with Crippen molar-refractivity contribution < 1.29 is 13.2 Å². The smallest absolute Gasteiger partial charge is 0.324 e. The zero-order valence-electron chi connectivity index (χ0n) is 13.4. The second-order valence-corrected chi connectivity index (χ2v) is 7.39. The van der Waals surface area contributed by atoms with E-state index in [1.165, 1.54) is 12.1 Å². The number of rotatable bonds is 1. The molecule has 0 aliphatic heterocycles. The van der Waals surface area contributed by atoms with Crippen LogP contribution in [0.2, 0.25) is 5.02 Å². The summed E-state index contributed by atoms with van der Waals surface area (Å²) in [5, 5.41) is 0.594. The molecule has 0 aromatic heterocycles. The second kappa shape index (κ2) is 5.73. The first-order valence-electron chi connectivity index (χ1n) is 8.30. The summed E-state index contributed by atoms with van der Waals surface area (Å²) in [4.78, 5) is 0. The Labute approximate surface area is 149 Å². The van der Waals surface area contributed by atoms with Crippen LogP contribution in [-0.4, -0.2) is 0 Å². The van der Waals surface area contributed by atoms with E-state index >= 15 is 0 Å². The molecule has 2 nitrogen and oxygen atoms in total. The van der Waals surface area contributed by atoms with Crippen LogP contribution in [0.4, 0.5) is 13.2 Å². The van der Waals surface area contributed by atoms with Gasteiger partial charge >= 0.3 is 6.18 Å². The van der Waals surface area contributed by atoms with E-state index in [0.29, 0.717) is 17.0 Å². The van der Waals surface area contributed by atoms with Crippen molar-refractivity contribution >= 4 is 11.6 Å². The zero-order valence-corrected chi connectivity index (χ0v) is 14.2. The number of fused-ring (bicyclic) bond motifs is 2. The first-order chi connectivity index (χ1) is 11.8. The predicted molar refractivity (Wildman–Crippen MR) is 91.5 cm³/mol. The van der Waals surface area contributed by atoms with Crippen LogP contribution in [0.15, 0.2) is 30.3 Å². The minimum absolute atomic E-state index is 0.103. The summed E-state index contributed by atoms with van der Waals surface area (Å²) < 4.78 is 39.5. The molecule has 0 bridgehead atoms. The number of aryl methyl sites for hydroxylation is 1. The van der Waals surface area contributed by atoms with E-state index < -0.39 is 11.7 Å². The van der Waals surface area contributed by atoms with E-state index in [1.54, 1.807) is 0 Å². The van der Waals surface area contributed by atoms with Gasteiger partial charge in [0.05, 0.1) is 5.56 Å². The van der Waals surface area contributed by atoms with Gasteiger partial charge in [0, 0.05) is 23.0 Å². The highest BCUT2D eigenvalue weighted by molar-refractivity contribution is 6.30. The van der Waals surface area contributed by atoms with E-state index in [0.717, 1.165) is 41.2 Å². The lowest BCUT2D eigenvalue weighted by atomic mass is 9.86. The zero-order chi connectivity index (χ0) is 17.9. The van der Waals surface area contributed by atoms with Crippen LogP contribution in [-0.2, 0) is 12.6 Å². The van der Waals surface area contributed by atoms with E-state index in [4.69, 9.17) is 23.1 Å². The van der Waals surface area contributed by atoms with Gasteiger partial charge in [-0.2, -0.15) is 13.2 Å². The lowest BCUT2D eigenvalue weighted by Crippen LogP contribution is -2.12. The Bertz CT molecular complexity index is 847. The molecular weight excluding hydrogens is 349 g/mol. The van der Waals surface area contributed by atoms with E-state index in [1.807, 2.05) is 12.1 Å². The molecule has 0 amide bonds. The molecular formula is C19H18ClF3N2. The summed E-state index contributed by atoms with van der Waals surface area (Å²) in [6.45, 7) is 0. The maximum Gasteiger partial charge on any atom is 0.416 e. The van der Waals surface area contributed by atoms with Gasteiger partial charge in [0.15, 0.2) is 0 Å². The molecule has 25 heavy (non-hydrogen) atoms. The fourth-order valence-corrected chi connectivity index (χ4v) is 4.54. The van der Waals surface area contributed by atoms with Gasteiger partial charge < -0.3 is 11.5 Å². The summed E-state index contributed by atoms with van der Waals surface area (Å²) in [7, 11) is 0. The van der Waals surface area contributed by atoms with Crippen molar-refractivity contribution in [3.05, 3.63) is 68.7 Å². The van der Waals surface area contributed by atoms with Gasteiger partial charge in [-0.05, 0) is 71.3 Å². The van der Waals surface area contributed by atoms with Crippen molar-refractivity contribution in [3.8, 4) is 0 Å². The first kappa shape index (κ1) is 16.9. The molecule has 0 spiro atoms. The minimum Gasteiger partial charge on any atom is -0.324 e. The van der Waals surface area contributed by atoms with E-state index in [-0.39, 0.29) is 18.0 Å². The molecule has 0 heterocycles. The first-order valence-corrected chi connectivity index (χ1v) is 8.68. The number of nitrogens with two attached hydrogens (primary N) is 2. The molecule has 132 valence electrons. The molecule has 2 aliphatic carbocycles. The standard InChI is InChI=1S/C19H18ClF3N2/c20-11-5-9-1-4-16(24)18(9)15(7-11)14-8-17(25)12-3-2-10(6-13(12)14)19(21,22)23/h2-3,5-7,14,16-17H,1,4,8,24-25H2/t14?,16-,17-/m0/s1. The molecule has 4 N–H and O–H groups in total. The van der Waals surface area contributed by atoms with Crippen LogP contribution in [0.3, 0.4) is 0 Å². The maximum absolute atomic E-state index is 13.2. The molecule has 0 saturated carbocycles. The number of hydrogen-bond acceptors (Lipinski definition) is 2. The van der Waals surface area contributed by atoms with Crippen molar-refractivity contribution in [2.24, 2.45) is 11.5 Å². The minimum atomic E-state index is -4.38. The Morgan fingerprint density at radius 3 is 2.44 bits per heavy atom. The van der Waals surface area contributed by atoms with Crippen LogP contribution in [0, 0.1) is 0 Å². The van der Waals surface area contributed by atoms with Crippen molar-refractivity contribution in [2.75, 3.05) is 0 Å². The fraction of sp³-hybridized carbons (Fsp3) is 0.368. The third-order valence-electron chi connectivity index (χ3n) is 5.41. The predicted octanol–water partition coefficient (Wildman–Crippen LogP) is 4.84. The average Bonchev–Trinajstić information content (AvgIpc) is 3.06. The number of hydrogen-bond donors (Lipinski definition) is 2. The maximum atomic E-state index is 13.2. The van der Waals surface area contributed by atoms with Crippen molar-refractivity contribution in [3.63, 3.8) is 0 Å². The van der Waals surface area contributed by atoms with Gasteiger partial charge in [-0.3, -0.25) is 0 Å². The molecule has 3 atom stereocenters. The largest absolute Gasteiger partial charge is 0.416 e. The third-order valence-corrected chi connectivity index (χ3v) is 5.63. The van der Waals surface area contributed by atoms with Crippen molar-refractivity contribution in [1.29, 1.82) is 0 Å². The highest BCUT2D eigenvalue weighted by atomic mass is 35.5. The van der Waals surface area contributed by atoms with Gasteiger partial charge in [-0.15, -0.1) is 0 Å². The van der Waals surface area contributed by atoms with Crippen LogP contribution >= 0.6 is 11.6 Å². The molecule has 0 radical (unpaired) electrons. The Kier molecular flexibility index (Phi) is 3.87. The normalized spacial score (nSPS) is 25.1. The van der Waals surface area contributed by atoms with Gasteiger partial charge in [0.1, 0.15) is 0 Å². The van der Waals surface area contributed by atoms with Gasteiger partial charge in [0.2, 0.25) is 0 Å². The SMILES string of the molecule is N[C@H]1CC(c2cc(Cl)cc3c2[C@@H](N)CC3)c2cc(C(F)(F)F)ccc21. The molecule has 1 unspecified atom stereocenters. The Morgan fingerprint density at radius 1 is 0.960 bits per heavy atom. The summed E-state index contributed by atoms with van der Waals surface area (Å²) >= 11 is 6.27. The van der Waals surface area contributed by atoms with E-state index in [2.05, 4.69) is 0 Å². The monoisotopic (exact) mass is 366 g/mol. The lowest BCUT2D eigenvalue weighted by molar-refractivity contribution is -0.137. The van der Waals surface area contributed by atoms with Crippen LogP contribution < -0.4 is 11.5 Å². The van der Waals surface area contributed by atoms with Crippen molar-refractivity contribution in [1.82, 2.24) is 0 Å². The Morgan fingerprint density at radius 2 is 1.72 bits per heavy atom. The summed E-state index contributed by atoms with van der Waals surface area (Å²) in [5.41, 5.74) is 16.3.